The Labute approximate surface area is 123 Å². The van der Waals surface area contributed by atoms with Crippen molar-refractivity contribution in [1.29, 1.82) is 0 Å². The predicted octanol–water partition coefficient (Wildman–Crippen LogP) is 3.15. The maximum Gasteiger partial charge on any atom is 0.175 e. The molecule has 106 valence electrons. The molecular formula is C16H14N2O2S. The van der Waals surface area contributed by atoms with Crippen LogP contribution >= 0.6 is 0 Å². The number of nitrogens with zero attached hydrogens (tertiary/aromatic N) is 1. The molecule has 0 aliphatic heterocycles. The third-order valence-corrected chi connectivity index (χ3v) is 4.42. The average molecular weight is 298 g/mol. The maximum absolute atomic E-state index is 11.5. The summed E-state index contributed by atoms with van der Waals surface area (Å²) in [5.74, 6) is 0. The van der Waals surface area contributed by atoms with Crippen molar-refractivity contribution in [2.45, 2.75) is 4.90 Å². The quantitative estimate of drug-likeness (QED) is 0.808. The molecule has 5 heteroatoms. The molecule has 0 amide bonds. The molecule has 0 aliphatic rings. The standard InChI is InChI=1S/C16H14N2O2S/c1-21(19,20)14-9-7-13(8-10-14)16-15(11-17-18-16)12-5-3-2-4-6-12/h2-11H,1H3,(H,17,18). The van der Waals surface area contributed by atoms with E-state index < -0.39 is 9.84 Å². The summed E-state index contributed by atoms with van der Waals surface area (Å²) >= 11 is 0. The third-order valence-electron chi connectivity index (χ3n) is 3.30. The summed E-state index contributed by atoms with van der Waals surface area (Å²) < 4.78 is 23.0. The minimum absolute atomic E-state index is 0.312. The molecule has 21 heavy (non-hydrogen) atoms. The lowest BCUT2D eigenvalue weighted by atomic mass is 10.0. The molecule has 3 rings (SSSR count). The highest BCUT2D eigenvalue weighted by atomic mass is 32.2. The highest BCUT2D eigenvalue weighted by Gasteiger charge is 2.11. The second kappa shape index (κ2) is 5.18. The molecule has 0 aliphatic carbocycles. The van der Waals surface area contributed by atoms with Gasteiger partial charge in [-0.3, -0.25) is 5.10 Å². The minimum Gasteiger partial charge on any atom is -0.277 e. The van der Waals surface area contributed by atoms with Crippen molar-refractivity contribution in [1.82, 2.24) is 10.2 Å². The van der Waals surface area contributed by atoms with Gasteiger partial charge in [-0.2, -0.15) is 5.10 Å². The third kappa shape index (κ3) is 2.73. The Morgan fingerprint density at radius 1 is 0.905 bits per heavy atom. The number of aromatic amines is 1. The monoisotopic (exact) mass is 298 g/mol. The van der Waals surface area contributed by atoms with Crippen molar-refractivity contribution < 1.29 is 8.42 Å². The van der Waals surface area contributed by atoms with Crippen molar-refractivity contribution in [2.24, 2.45) is 0 Å². The normalized spacial score (nSPS) is 11.5. The topological polar surface area (TPSA) is 62.8 Å². The van der Waals surface area contributed by atoms with Gasteiger partial charge in [-0.05, 0) is 17.7 Å². The Morgan fingerprint density at radius 3 is 2.19 bits per heavy atom. The summed E-state index contributed by atoms with van der Waals surface area (Å²) in [7, 11) is -3.18. The Kier molecular flexibility index (Phi) is 3.35. The number of aromatic nitrogens is 2. The number of hydrogen-bond donors (Lipinski definition) is 1. The van der Waals surface area contributed by atoms with Crippen LogP contribution in [0.15, 0.2) is 65.7 Å². The van der Waals surface area contributed by atoms with Crippen LogP contribution in [0.4, 0.5) is 0 Å². The van der Waals surface area contributed by atoms with Gasteiger partial charge >= 0.3 is 0 Å². The van der Waals surface area contributed by atoms with Crippen molar-refractivity contribution in [3.63, 3.8) is 0 Å². The number of sulfone groups is 1. The zero-order valence-electron chi connectivity index (χ0n) is 11.4. The van der Waals surface area contributed by atoms with E-state index in [-0.39, 0.29) is 0 Å². The second-order valence-corrected chi connectivity index (χ2v) is 6.84. The van der Waals surface area contributed by atoms with Crippen molar-refractivity contribution >= 4 is 9.84 Å². The maximum atomic E-state index is 11.5. The van der Waals surface area contributed by atoms with Crippen LogP contribution in [-0.4, -0.2) is 24.9 Å². The molecule has 0 fully saturated rings. The van der Waals surface area contributed by atoms with Crippen molar-refractivity contribution in [2.75, 3.05) is 6.26 Å². The lowest BCUT2D eigenvalue weighted by Crippen LogP contribution is -1.96. The second-order valence-electron chi connectivity index (χ2n) is 4.82. The molecule has 4 nitrogen and oxygen atoms in total. The molecule has 0 bridgehead atoms. The highest BCUT2D eigenvalue weighted by molar-refractivity contribution is 7.90. The predicted molar refractivity (Wildman–Crippen MR) is 82.6 cm³/mol. The van der Waals surface area contributed by atoms with Gasteiger partial charge in [0.2, 0.25) is 0 Å². The van der Waals surface area contributed by atoms with Gasteiger partial charge in [-0.25, -0.2) is 8.42 Å². The van der Waals surface area contributed by atoms with E-state index in [1.54, 1.807) is 30.5 Å². The minimum atomic E-state index is -3.18. The summed E-state index contributed by atoms with van der Waals surface area (Å²) in [6.45, 7) is 0. The van der Waals surface area contributed by atoms with Gasteiger partial charge in [0.15, 0.2) is 9.84 Å². The number of rotatable bonds is 3. The molecule has 0 saturated heterocycles. The molecule has 0 radical (unpaired) electrons. The highest BCUT2D eigenvalue weighted by Crippen LogP contribution is 2.30. The van der Waals surface area contributed by atoms with E-state index in [1.165, 1.54) is 6.26 Å². The summed E-state index contributed by atoms with van der Waals surface area (Å²) in [5.41, 5.74) is 3.83. The van der Waals surface area contributed by atoms with Gasteiger partial charge in [0.1, 0.15) is 0 Å². The van der Waals surface area contributed by atoms with Crippen LogP contribution in [0.1, 0.15) is 0 Å². The van der Waals surface area contributed by atoms with Gasteiger partial charge in [-0.15, -0.1) is 0 Å². The largest absolute Gasteiger partial charge is 0.277 e. The first-order valence-corrected chi connectivity index (χ1v) is 8.34. The number of benzene rings is 2. The van der Waals surface area contributed by atoms with Crippen LogP contribution in [0.3, 0.4) is 0 Å². The van der Waals surface area contributed by atoms with E-state index in [0.717, 1.165) is 22.4 Å². The molecule has 0 spiro atoms. The van der Waals surface area contributed by atoms with Crippen molar-refractivity contribution in [3.8, 4) is 22.4 Å². The van der Waals surface area contributed by atoms with Crippen LogP contribution < -0.4 is 0 Å². The van der Waals surface area contributed by atoms with E-state index >= 15 is 0 Å². The lowest BCUT2D eigenvalue weighted by Gasteiger charge is -2.05. The van der Waals surface area contributed by atoms with E-state index in [2.05, 4.69) is 10.2 Å². The van der Waals surface area contributed by atoms with E-state index in [0.29, 0.717) is 4.90 Å². The van der Waals surface area contributed by atoms with Crippen LogP contribution in [0.25, 0.3) is 22.4 Å². The lowest BCUT2D eigenvalue weighted by molar-refractivity contribution is 0.602. The first kappa shape index (κ1) is 13.6. The zero-order chi connectivity index (χ0) is 14.9. The van der Waals surface area contributed by atoms with E-state index in [9.17, 15) is 8.42 Å². The number of H-pyrrole nitrogens is 1. The molecule has 2 aromatic carbocycles. The fraction of sp³-hybridized carbons (Fsp3) is 0.0625. The van der Waals surface area contributed by atoms with E-state index in [1.807, 2.05) is 30.3 Å². The van der Waals surface area contributed by atoms with Gasteiger partial charge in [0.05, 0.1) is 16.8 Å². The number of nitrogens with one attached hydrogen (secondary N) is 1. The molecule has 3 aromatic rings. The Hall–Kier alpha value is -2.40. The Morgan fingerprint density at radius 2 is 1.57 bits per heavy atom. The molecule has 0 saturated carbocycles. The molecule has 0 atom stereocenters. The van der Waals surface area contributed by atoms with Crippen LogP contribution in [0.2, 0.25) is 0 Å². The van der Waals surface area contributed by atoms with Crippen LogP contribution in [-0.2, 0) is 9.84 Å². The molecule has 0 unspecified atom stereocenters. The molecule has 1 heterocycles. The Balaban J connectivity index is 2.05. The fourth-order valence-corrected chi connectivity index (χ4v) is 2.84. The first-order chi connectivity index (χ1) is 10.1. The fourth-order valence-electron chi connectivity index (χ4n) is 2.21. The summed E-state index contributed by atoms with van der Waals surface area (Å²) in [6, 6.07) is 16.7. The van der Waals surface area contributed by atoms with Gasteiger partial charge < -0.3 is 0 Å². The van der Waals surface area contributed by atoms with Gasteiger partial charge in [-0.1, -0.05) is 42.5 Å². The SMILES string of the molecule is CS(=O)(=O)c1ccc(-c2[nH]ncc2-c2ccccc2)cc1. The van der Waals surface area contributed by atoms with Gasteiger partial charge in [0, 0.05) is 17.4 Å². The summed E-state index contributed by atoms with van der Waals surface area (Å²) in [4.78, 5) is 0.312. The first-order valence-electron chi connectivity index (χ1n) is 6.45. The smallest absolute Gasteiger partial charge is 0.175 e. The van der Waals surface area contributed by atoms with E-state index in [4.69, 9.17) is 0 Å². The van der Waals surface area contributed by atoms with Crippen LogP contribution in [0.5, 0.6) is 0 Å². The molecule has 1 N–H and O–H groups in total. The van der Waals surface area contributed by atoms with Crippen molar-refractivity contribution in [3.05, 3.63) is 60.8 Å². The molecule has 1 aromatic heterocycles. The zero-order valence-corrected chi connectivity index (χ0v) is 12.3. The number of hydrogen-bond acceptors (Lipinski definition) is 3. The summed E-state index contributed by atoms with van der Waals surface area (Å²) in [5, 5.41) is 7.08. The summed E-state index contributed by atoms with van der Waals surface area (Å²) in [6.07, 6.45) is 2.97. The molecular weight excluding hydrogens is 284 g/mol. The van der Waals surface area contributed by atoms with Gasteiger partial charge in [0.25, 0.3) is 0 Å². The van der Waals surface area contributed by atoms with Crippen LogP contribution in [0, 0.1) is 0 Å². The average Bonchev–Trinajstić information content (AvgIpc) is 2.97. The Bertz CT molecular complexity index is 851.